The average molecular weight is 223 g/mol. The number of rotatable bonds is 4. The number of anilines is 1. The van der Waals surface area contributed by atoms with Crippen molar-refractivity contribution in [3.63, 3.8) is 0 Å². The molecule has 0 unspecified atom stereocenters. The van der Waals surface area contributed by atoms with Crippen LogP contribution in [0.15, 0.2) is 12.4 Å². The third kappa shape index (κ3) is 2.15. The minimum atomic E-state index is 0.858. The molecule has 0 amide bonds. The van der Waals surface area contributed by atoms with E-state index in [2.05, 4.69) is 27.5 Å². The van der Waals surface area contributed by atoms with Crippen LogP contribution in [0.5, 0.6) is 0 Å². The zero-order valence-corrected chi connectivity index (χ0v) is 9.58. The van der Waals surface area contributed by atoms with Crippen molar-refractivity contribution >= 4 is 16.5 Å². The third-order valence-corrected chi connectivity index (χ3v) is 2.89. The van der Waals surface area contributed by atoms with Gasteiger partial charge in [-0.25, -0.2) is 0 Å². The first-order valence-corrected chi connectivity index (χ1v) is 5.75. The smallest absolute Gasteiger partial charge is 0.205 e. The van der Waals surface area contributed by atoms with Gasteiger partial charge in [-0.2, -0.15) is 5.10 Å². The summed E-state index contributed by atoms with van der Waals surface area (Å²) in [6.07, 6.45) is 3.80. The maximum Gasteiger partial charge on any atom is 0.205 e. The van der Waals surface area contributed by atoms with Gasteiger partial charge in [0.05, 0.1) is 11.8 Å². The Labute approximate surface area is 92.2 Å². The Morgan fingerprint density at radius 3 is 2.93 bits per heavy atom. The van der Waals surface area contributed by atoms with E-state index in [1.165, 1.54) is 0 Å². The van der Waals surface area contributed by atoms with Crippen LogP contribution in [0.25, 0.3) is 10.6 Å². The highest BCUT2D eigenvalue weighted by Crippen LogP contribution is 2.25. The number of aryl methyl sites for hydroxylation is 1. The summed E-state index contributed by atoms with van der Waals surface area (Å²) in [6.45, 7) is 5.83. The van der Waals surface area contributed by atoms with Crippen LogP contribution in [0.3, 0.4) is 0 Å². The van der Waals surface area contributed by atoms with E-state index >= 15 is 0 Å². The van der Waals surface area contributed by atoms with Gasteiger partial charge >= 0.3 is 0 Å². The molecular formula is C9H13N5S. The quantitative estimate of drug-likeness (QED) is 0.859. The fraction of sp³-hybridized carbons (Fsp3) is 0.444. The summed E-state index contributed by atoms with van der Waals surface area (Å²) in [5.41, 5.74) is 1.03. The van der Waals surface area contributed by atoms with Crippen LogP contribution in [0, 0.1) is 0 Å². The molecule has 0 saturated carbocycles. The summed E-state index contributed by atoms with van der Waals surface area (Å²) in [5, 5.41) is 17.2. The number of nitrogens with zero attached hydrogens (tertiary/aromatic N) is 4. The lowest BCUT2D eigenvalue weighted by Gasteiger charge is -1.91. The number of hydrogen-bond donors (Lipinski definition) is 1. The molecule has 0 bridgehead atoms. The van der Waals surface area contributed by atoms with Crippen molar-refractivity contribution in [2.24, 2.45) is 0 Å². The lowest BCUT2D eigenvalue weighted by atomic mass is 10.4. The zero-order chi connectivity index (χ0) is 10.7. The average Bonchev–Trinajstić information content (AvgIpc) is 2.85. The largest absolute Gasteiger partial charge is 0.360 e. The summed E-state index contributed by atoms with van der Waals surface area (Å²) < 4.78 is 1.88. The molecule has 0 aliphatic rings. The van der Waals surface area contributed by atoms with Crippen LogP contribution in [-0.4, -0.2) is 26.5 Å². The second-order valence-electron chi connectivity index (χ2n) is 3.03. The van der Waals surface area contributed by atoms with Gasteiger partial charge in [0.1, 0.15) is 0 Å². The zero-order valence-electron chi connectivity index (χ0n) is 8.77. The van der Waals surface area contributed by atoms with Gasteiger partial charge in [0, 0.05) is 19.3 Å². The Morgan fingerprint density at radius 2 is 2.27 bits per heavy atom. The summed E-state index contributed by atoms with van der Waals surface area (Å²) in [4.78, 5) is 0. The van der Waals surface area contributed by atoms with Crippen LogP contribution in [0.1, 0.15) is 13.8 Å². The molecule has 0 aliphatic heterocycles. The summed E-state index contributed by atoms with van der Waals surface area (Å²) in [7, 11) is 0. The van der Waals surface area contributed by atoms with Crippen LogP contribution >= 0.6 is 11.3 Å². The molecule has 5 nitrogen and oxygen atoms in total. The van der Waals surface area contributed by atoms with Gasteiger partial charge in [0.25, 0.3) is 0 Å². The highest BCUT2D eigenvalue weighted by Gasteiger charge is 2.07. The molecule has 0 aliphatic carbocycles. The van der Waals surface area contributed by atoms with Gasteiger partial charge < -0.3 is 5.32 Å². The van der Waals surface area contributed by atoms with E-state index in [0.29, 0.717) is 0 Å². The first kappa shape index (κ1) is 10.1. The van der Waals surface area contributed by atoms with E-state index < -0.39 is 0 Å². The lowest BCUT2D eigenvalue weighted by molar-refractivity contribution is 0.660. The standard InChI is InChI=1S/C9H13N5S/c1-3-10-9-13-12-8(15-9)7-5-11-14(4-2)6-7/h5-6H,3-4H2,1-2H3,(H,10,13). The third-order valence-electron chi connectivity index (χ3n) is 1.96. The van der Waals surface area contributed by atoms with Gasteiger partial charge in [-0.3, -0.25) is 4.68 Å². The second kappa shape index (κ2) is 4.39. The molecule has 0 aromatic carbocycles. The molecule has 0 radical (unpaired) electrons. The fourth-order valence-corrected chi connectivity index (χ4v) is 2.00. The highest BCUT2D eigenvalue weighted by atomic mass is 32.1. The van der Waals surface area contributed by atoms with Crippen LogP contribution in [0.2, 0.25) is 0 Å². The number of nitrogens with one attached hydrogen (secondary N) is 1. The van der Waals surface area contributed by atoms with Crippen LogP contribution < -0.4 is 5.32 Å². The van der Waals surface area contributed by atoms with Crippen molar-refractivity contribution in [3.8, 4) is 10.6 Å². The van der Waals surface area contributed by atoms with E-state index in [4.69, 9.17) is 0 Å². The van der Waals surface area contributed by atoms with Crippen molar-refractivity contribution in [1.82, 2.24) is 20.0 Å². The molecule has 15 heavy (non-hydrogen) atoms. The van der Waals surface area contributed by atoms with E-state index in [1.807, 2.05) is 24.0 Å². The van der Waals surface area contributed by atoms with Crippen molar-refractivity contribution in [3.05, 3.63) is 12.4 Å². The van der Waals surface area contributed by atoms with Gasteiger partial charge in [-0.15, -0.1) is 10.2 Å². The Hall–Kier alpha value is -1.43. The molecule has 2 aromatic heterocycles. The molecule has 1 N–H and O–H groups in total. The SMILES string of the molecule is CCNc1nnc(-c2cnn(CC)c2)s1. The Balaban J connectivity index is 2.21. The fourth-order valence-electron chi connectivity index (χ4n) is 1.21. The predicted octanol–water partition coefficient (Wildman–Crippen LogP) is 1.85. The predicted molar refractivity (Wildman–Crippen MR) is 61.0 cm³/mol. The normalized spacial score (nSPS) is 10.5. The minimum absolute atomic E-state index is 0.858. The van der Waals surface area contributed by atoms with Gasteiger partial charge in [0.15, 0.2) is 5.01 Å². The van der Waals surface area contributed by atoms with E-state index in [1.54, 1.807) is 11.3 Å². The summed E-state index contributed by atoms with van der Waals surface area (Å²) in [5.74, 6) is 0. The van der Waals surface area contributed by atoms with Crippen molar-refractivity contribution in [2.75, 3.05) is 11.9 Å². The van der Waals surface area contributed by atoms with E-state index in [9.17, 15) is 0 Å². The Morgan fingerprint density at radius 1 is 1.40 bits per heavy atom. The van der Waals surface area contributed by atoms with Crippen molar-refractivity contribution in [2.45, 2.75) is 20.4 Å². The van der Waals surface area contributed by atoms with Crippen LogP contribution in [-0.2, 0) is 6.54 Å². The monoisotopic (exact) mass is 223 g/mol. The molecule has 0 saturated heterocycles. The van der Waals surface area contributed by atoms with Crippen molar-refractivity contribution in [1.29, 1.82) is 0 Å². The lowest BCUT2D eigenvalue weighted by Crippen LogP contribution is -1.94. The topological polar surface area (TPSA) is 55.6 Å². The molecule has 6 heteroatoms. The van der Waals surface area contributed by atoms with Gasteiger partial charge in [0.2, 0.25) is 5.13 Å². The van der Waals surface area contributed by atoms with Gasteiger partial charge in [-0.1, -0.05) is 11.3 Å². The first-order valence-electron chi connectivity index (χ1n) is 4.93. The first-order chi connectivity index (χ1) is 7.33. The van der Waals surface area contributed by atoms with E-state index in [-0.39, 0.29) is 0 Å². The minimum Gasteiger partial charge on any atom is -0.360 e. The Bertz CT molecular complexity index is 433. The summed E-state index contributed by atoms with van der Waals surface area (Å²) in [6, 6.07) is 0. The maximum absolute atomic E-state index is 4.20. The maximum atomic E-state index is 4.20. The molecule has 2 heterocycles. The molecule has 80 valence electrons. The summed E-state index contributed by atoms with van der Waals surface area (Å²) >= 11 is 1.55. The molecule has 2 rings (SSSR count). The molecular weight excluding hydrogens is 210 g/mol. The second-order valence-corrected chi connectivity index (χ2v) is 4.00. The van der Waals surface area contributed by atoms with Crippen LogP contribution in [0.4, 0.5) is 5.13 Å². The van der Waals surface area contributed by atoms with Crippen molar-refractivity contribution < 1.29 is 0 Å². The Kier molecular flexibility index (Phi) is 2.96. The number of hydrogen-bond acceptors (Lipinski definition) is 5. The van der Waals surface area contributed by atoms with Gasteiger partial charge in [-0.05, 0) is 13.8 Å². The molecule has 0 spiro atoms. The molecule has 2 aromatic rings. The molecule has 0 atom stereocenters. The number of aromatic nitrogens is 4. The highest BCUT2D eigenvalue weighted by molar-refractivity contribution is 7.18. The van der Waals surface area contributed by atoms with E-state index in [0.717, 1.165) is 28.8 Å². The molecule has 0 fully saturated rings.